The number of rotatable bonds is 7. The van der Waals surface area contributed by atoms with Gasteiger partial charge in [-0.2, -0.15) is 0 Å². The fraction of sp³-hybridized carbons (Fsp3) is 0.200. The summed E-state index contributed by atoms with van der Waals surface area (Å²) >= 11 is 5.86. The topological polar surface area (TPSA) is 109 Å². The summed E-state index contributed by atoms with van der Waals surface area (Å²) in [7, 11) is 0. The van der Waals surface area contributed by atoms with Gasteiger partial charge in [0.15, 0.2) is 0 Å². The zero-order valence-electron chi connectivity index (χ0n) is 18.6. The summed E-state index contributed by atoms with van der Waals surface area (Å²) < 4.78 is 16.0. The van der Waals surface area contributed by atoms with Gasteiger partial charge in [-0.05, 0) is 49.4 Å². The summed E-state index contributed by atoms with van der Waals surface area (Å²) in [6, 6.07) is 14.9. The van der Waals surface area contributed by atoms with Crippen molar-refractivity contribution in [3.8, 4) is 5.69 Å². The van der Waals surface area contributed by atoms with E-state index in [9.17, 15) is 23.6 Å². The van der Waals surface area contributed by atoms with Crippen molar-refractivity contribution in [2.75, 3.05) is 17.2 Å². The predicted octanol–water partition coefficient (Wildman–Crippen LogP) is 3.21. The summed E-state index contributed by atoms with van der Waals surface area (Å²) in [6.07, 6.45) is 1.50. The third kappa shape index (κ3) is 5.25. The molecule has 8 nitrogen and oxygen atoms in total. The van der Waals surface area contributed by atoms with E-state index < -0.39 is 41.3 Å². The monoisotopic (exact) mass is 496 g/mol. The highest BCUT2D eigenvalue weighted by Gasteiger charge is 2.62. The van der Waals surface area contributed by atoms with E-state index in [4.69, 9.17) is 11.6 Å². The van der Waals surface area contributed by atoms with Crippen molar-refractivity contribution in [2.24, 2.45) is 17.8 Å². The Morgan fingerprint density at radius 3 is 2.20 bits per heavy atom. The van der Waals surface area contributed by atoms with Crippen molar-refractivity contribution in [1.82, 2.24) is 9.88 Å². The van der Waals surface area contributed by atoms with Gasteiger partial charge in [0.2, 0.25) is 17.7 Å². The van der Waals surface area contributed by atoms with Crippen LogP contribution >= 0.6 is 11.6 Å². The lowest BCUT2D eigenvalue weighted by molar-refractivity contribution is -0.125. The maximum atomic E-state index is 14.8. The minimum Gasteiger partial charge on any atom is -0.356 e. The van der Waals surface area contributed by atoms with E-state index in [-0.39, 0.29) is 16.9 Å². The second-order valence-corrected chi connectivity index (χ2v) is 8.47. The summed E-state index contributed by atoms with van der Waals surface area (Å²) in [5.41, 5.74) is 0.304. The van der Waals surface area contributed by atoms with E-state index in [1.54, 1.807) is 43.3 Å². The summed E-state index contributed by atoms with van der Waals surface area (Å²) in [6.45, 7) is 2.07. The van der Waals surface area contributed by atoms with Crippen molar-refractivity contribution >= 4 is 40.7 Å². The molecule has 3 N–H and O–H groups in total. The maximum Gasteiger partial charge on any atom is 0.255 e. The largest absolute Gasteiger partial charge is 0.356 e. The summed E-state index contributed by atoms with van der Waals surface area (Å²) in [4.78, 5) is 50.3. The third-order valence-electron chi connectivity index (χ3n) is 5.70. The second-order valence-electron chi connectivity index (χ2n) is 8.03. The first-order valence-corrected chi connectivity index (χ1v) is 11.3. The Bertz CT molecular complexity index is 1340. The van der Waals surface area contributed by atoms with Crippen LogP contribution in [-0.4, -0.2) is 28.8 Å². The molecule has 1 heterocycles. The fourth-order valence-electron chi connectivity index (χ4n) is 3.95. The number of pyridine rings is 1. The molecule has 3 atom stereocenters. The SMILES string of the molecule is CCNC(=O)[C@H]1[C@H](C(=O)Nc2ccc(Cl)cc2)[C@@H]1C(=O)Nc1ccc(-n2ccccc2=O)cc1F. The number of hydrogen-bond donors (Lipinski definition) is 3. The van der Waals surface area contributed by atoms with Gasteiger partial charge < -0.3 is 16.0 Å². The summed E-state index contributed by atoms with van der Waals surface area (Å²) in [5, 5.41) is 8.28. The molecule has 4 rings (SSSR count). The first-order valence-electron chi connectivity index (χ1n) is 10.9. The normalized spacial score (nSPS) is 18.4. The van der Waals surface area contributed by atoms with Gasteiger partial charge in [-0.1, -0.05) is 17.7 Å². The number of nitrogens with zero attached hydrogens (tertiary/aromatic N) is 1. The predicted molar refractivity (Wildman–Crippen MR) is 130 cm³/mol. The lowest BCUT2D eigenvalue weighted by Gasteiger charge is -2.10. The number of halogens is 2. The minimum atomic E-state index is -0.968. The molecule has 0 bridgehead atoms. The van der Waals surface area contributed by atoms with E-state index in [1.165, 1.54) is 29.0 Å². The number of carbonyl (C=O) groups is 3. The van der Waals surface area contributed by atoms with E-state index in [0.29, 0.717) is 17.3 Å². The zero-order chi connectivity index (χ0) is 25.1. The standard InChI is InChI=1S/C25H22ClFN4O4/c1-2-28-23(33)20-21(24(34)29-15-8-6-14(26)7-9-15)22(20)25(35)30-18-11-10-16(13-17(18)27)31-12-4-3-5-19(31)32/h3-13,20-22H,2H2,1H3,(H,28,33)(H,29,34)(H,30,35)/t20-,21-,22+/m0/s1. The maximum absolute atomic E-state index is 14.8. The Kier molecular flexibility index (Phi) is 6.97. The number of nitrogens with one attached hydrogen (secondary N) is 3. The van der Waals surface area contributed by atoms with Crippen LogP contribution in [0.3, 0.4) is 0 Å². The van der Waals surface area contributed by atoms with Crippen LogP contribution in [0.1, 0.15) is 6.92 Å². The van der Waals surface area contributed by atoms with Crippen LogP contribution in [0.25, 0.3) is 5.69 Å². The van der Waals surface area contributed by atoms with Crippen LogP contribution in [0.5, 0.6) is 0 Å². The first-order chi connectivity index (χ1) is 16.8. The van der Waals surface area contributed by atoms with Crippen LogP contribution in [0, 0.1) is 23.6 Å². The van der Waals surface area contributed by atoms with Gasteiger partial charge in [-0.3, -0.25) is 23.7 Å². The van der Waals surface area contributed by atoms with Gasteiger partial charge >= 0.3 is 0 Å². The van der Waals surface area contributed by atoms with Crippen molar-refractivity contribution in [1.29, 1.82) is 0 Å². The molecule has 0 unspecified atom stereocenters. The minimum absolute atomic E-state index is 0.124. The smallest absolute Gasteiger partial charge is 0.255 e. The molecule has 35 heavy (non-hydrogen) atoms. The molecule has 0 saturated heterocycles. The quantitative estimate of drug-likeness (QED) is 0.466. The molecule has 0 spiro atoms. The first kappa shape index (κ1) is 24.2. The number of aromatic nitrogens is 1. The zero-order valence-corrected chi connectivity index (χ0v) is 19.4. The molecule has 180 valence electrons. The lowest BCUT2D eigenvalue weighted by atomic mass is 10.2. The molecule has 1 aliphatic carbocycles. The van der Waals surface area contributed by atoms with Crippen LogP contribution in [0.4, 0.5) is 15.8 Å². The van der Waals surface area contributed by atoms with Gasteiger partial charge in [0.1, 0.15) is 5.82 Å². The summed E-state index contributed by atoms with van der Waals surface area (Å²) in [5.74, 6) is -5.10. The van der Waals surface area contributed by atoms with Crippen LogP contribution in [0.15, 0.2) is 71.7 Å². The van der Waals surface area contributed by atoms with E-state index in [2.05, 4.69) is 16.0 Å². The number of amides is 3. The molecule has 1 aliphatic rings. The van der Waals surface area contributed by atoms with E-state index in [1.807, 2.05) is 0 Å². The highest BCUT2D eigenvalue weighted by molar-refractivity contribution is 6.30. The van der Waals surface area contributed by atoms with Crippen molar-refractivity contribution in [2.45, 2.75) is 6.92 Å². The molecular formula is C25H22ClFN4O4. The van der Waals surface area contributed by atoms with E-state index in [0.717, 1.165) is 6.07 Å². The fourth-order valence-corrected chi connectivity index (χ4v) is 4.08. The molecule has 1 aromatic heterocycles. The van der Waals surface area contributed by atoms with Crippen molar-refractivity contribution < 1.29 is 18.8 Å². The van der Waals surface area contributed by atoms with Crippen LogP contribution < -0.4 is 21.5 Å². The number of anilines is 2. The van der Waals surface area contributed by atoms with Gasteiger partial charge in [-0.25, -0.2) is 4.39 Å². The molecular weight excluding hydrogens is 475 g/mol. The van der Waals surface area contributed by atoms with Gasteiger partial charge in [0, 0.05) is 35.6 Å². The molecule has 0 aliphatic heterocycles. The van der Waals surface area contributed by atoms with Crippen molar-refractivity contribution in [3.63, 3.8) is 0 Å². The average molecular weight is 497 g/mol. The Balaban J connectivity index is 1.51. The highest BCUT2D eigenvalue weighted by atomic mass is 35.5. The molecule has 2 aromatic carbocycles. The average Bonchev–Trinajstić information content (AvgIpc) is 3.59. The Morgan fingerprint density at radius 1 is 0.914 bits per heavy atom. The Hall–Kier alpha value is -3.98. The molecule has 10 heteroatoms. The van der Waals surface area contributed by atoms with Crippen LogP contribution in [0.2, 0.25) is 5.02 Å². The number of carbonyl (C=O) groups excluding carboxylic acids is 3. The Morgan fingerprint density at radius 2 is 1.57 bits per heavy atom. The van der Waals surface area contributed by atoms with Crippen molar-refractivity contribution in [3.05, 3.63) is 88.1 Å². The molecule has 1 saturated carbocycles. The number of hydrogen-bond acceptors (Lipinski definition) is 4. The lowest BCUT2D eigenvalue weighted by Crippen LogP contribution is -2.27. The number of benzene rings is 2. The van der Waals surface area contributed by atoms with Gasteiger partial charge in [-0.15, -0.1) is 0 Å². The second kappa shape index (κ2) is 10.1. The molecule has 1 fully saturated rings. The Labute approximate surface area is 205 Å². The van der Waals surface area contributed by atoms with Crippen LogP contribution in [-0.2, 0) is 14.4 Å². The van der Waals surface area contributed by atoms with Gasteiger partial charge in [0.05, 0.1) is 29.1 Å². The third-order valence-corrected chi connectivity index (χ3v) is 5.95. The molecule has 3 aromatic rings. The van der Waals surface area contributed by atoms with E-state index >= 15 is 0 Å². The molecule has 3 amide bonds. The highest BCUT2D eigenvalue weighted by Crippen LogP contribution is 2.48. The molecule has 0 radical (unpaired) electrons. The van der Waals surface area contributed by atoms with Gasteiger partial charge in [0.25, 0.3) is 5.56 Å².